The Hall–Kier alpha value is -3.07. The van der Waals surface area contributed by atoms with Gasteiger partial charge in [0, 0.05) is 37.2 Å². The van der Waals surface area contributed by atoms with Crippen molar-refractivity contribution in [3.05, 3.63) is 53.7 Å². The zero-order valence-electron chi connectivity index (χ0n) is 15.1. The van der Waals surface area contributed by atoms with Gasteiger partial charge in [-0.1, -0.05) is 18.2 Å². The molecular formula is C21H22N4O2. The summed E-state index contributed by atoms with van der Waals surface area (Å²) in [6.07, 6.45) is 4.00. The van der Waals surface area contributed by atoms with Crippen LogP contribution in [0.25, 0.3) is 0 Å². The van der Waals surface area contributed by atoms with E-state index in [-0.39, 0.29) is 17.9 Å². The van der Waals surface area contributed by atoms with Crippen LogP contribution in [0.4, 0.5) is 5.82 Å². The normalized spacial score (nSPS) is 19.5. The summed E-state index contributed by atoms with van der Waals surface area (Å²) in [6, 6.07) is 13.7. The van der Waals surface area contributed by atoms with Gasteiger partial charge in [-0.25, -0.2) is 4.98 Å². The van der Waals surface area contributed by atoms with Crippen LogP contribution in [0.5, 0.6) is 5.75 Å². The summed E-state index contributed by atoms with van der Waals surface area (Å²) in [4.78, 5) is 19.3. The summed E-state index contributed by atoms with van der Waals surface area (Å²) >= 11 is 0. The molecule has 3 heterocycles. The predicted octanol–water partition coefficient (Wildman–Crippen LogP) is 2.81. The van der Waals surface area contributed by atoms with Crippen molar-refractivity contribution in [2.24, 2.45) is 5.92 Å². The van der Waals surface area contributed by atoms with Gasteiger partial charge in [0.05, 0.1) is 18.2 Å². The van der Waals surface area contributed by atoms with E-state index in [1.807, 2.05) is 30.3 Å². The fourth-order valence-corrected chi connectivity index (χ4v) is 3.79. The van der Waals surface area contributed by atoms with Gasteiger partial charge < -0.3 is 15.0 Å². The number of amides is 1. The monoisotopic (exact) mass is 362 g/mol. The molecule has 2 aliphatic rings. The van der Waals surface area contributed by atoms with Gasteiger partial charge >= 0.3 is 0 Å². The summed E-state index contributed by atoms with van der Waals surface area (Å²) in [5.74, 6) is 1.89. The molecule has 0 aliphatic carbocycles. The molecule has 1 fully saturated rings. The number of nitrogens with zero attached hydrogens (tertiary/aromatic N) is 3. The van der Waals surface area contributed by atoms with Gasteiger partial charge in [0.1, 0.15) is 17.6 Å². The first kappa shape index (κ1) is 17.3. The van der Waals surface area contributed by atoms with Crippen LogP contribution in [0.2, 0.25) is 0 Å². The third-order valence-corrected chi connectivity index (χ3v) is 5.34. The summed E-state index contributed by atoms with van der Waals surface area (Å²) < 4.78 is 5.68. The summed E-state index contributed by atoms with van der Waals surface area (Å²) in [5, 5.41) is 12.1. The molecule has 6 heteroatoms. The number of nitriles is 1. The maximum absolute atomic E-state index is 12.8. The molecule has 1 aromatic carbocycles. The molecule has 0 radical (unpaired) electrons. The van der Waals surface area contributed by atoms with Crippen molar-refractivity contribution >= 4 is 11.7 Å². The summed E-state index contributed by atoms with van der Waals surface area (Å²) in [5.41, 5.74) is 1.63. The molecule has 0 saturated carbocycles. The van der Waals surface area contributed by atoms with E-state index in [0.29, 0.717) is 12.2 Å². The van der Waals surface area contributed by atoms with Crippen molar-refractivity contribution in [3.63, 3.8) is 0 Å². The number of anilines is 1. The van der Waals surface area contributed by atoms with E-state index < -0.39 is 0 Å². The van der Waals surface area contributed by atoms with E-state index in [0.717, 1.165) is 49.5 Å². The minimum absolute atomic E-state index is 0.0228. The van der Waals surface area contributed by atoms with Crippen LogP contribution < -0.4 is 15.0 Å². The molecule has 0 spiro atoms. The number of para-hydroxylation sites is 1. The van der Waals surface area contributed by atoms with Crippen LogP contribution in [0.1, 0.15) is 36.4 Å². The SMILES string of the molecule is N#Cc1ccc(N2CCC(C(=O)N[C@H]3CCOc4ccccc43)CC2)nc1. The first-order valence-electron chi connectivity index (χ1n) is 9.38. The van der Waals surface area contributed by atoms with Gasteiger partial charge in [-0.2, -0.15) is 5.26 Å². The number of carbonyl (C=O) groups excluding carboxylic acids is 1. The average Bonchev–Trinajstić information content (AvgIpc) is 2.74. The molecule has 4 rings (SSSR count). The third kappa shape index (κ3) is 3.72. The van der Waals surface area contributed by atoms with Gasteiger partial charge in [0.2, 0.25) is 5.91 Å². The van der Waals surface area contributed by atoms with Crippen molar-refractivity contribution in [1.29, 1.82) is 5.26 Å². The van der Waals surface area contributed by atoms with Gasteiger partial charge in [0.25, 0.3) is 0 Å². The van der Waals surface area contributed by atoms with E-state index in [4.69, 9.17) is 10.00 Å². The Morgan fingerprint density at radius 2 is 2.00 bits per heavy atom. The van der Waals surface area contributed by atoms with Crippen molar-refractivity contribution in [2.45, 2.75) is 25.3 Å². The number of ether oxygens (including phenoxy) is 1. The fourth-order valence-electron chi connectivity index (χ4n) is 3.79. The number of piperidine rings is 1. The molecule has 1 amide bonds. The van der Waals surface area contributed by atoms with Gasteiger partial charge in [0.15, 0.2) is 0 Å². The highest BCUT2D eigenvalue weighted by Gasteiger charge is 2.29. The minimum atomic E-state index is 0.0228. The van der Waals surface area contributed by atoms with Gasteiger partial charge in [-0.15, -0.1) is 0 Å². The Morgan fingerprint density at radius 3 is 2.74 bits per heavy atom. The van der Waals surface area contributed by atoms with E-state index in [1.54, 1.807) is 12.3 Å². The van der Waals surface area contributed by atoms with Crippen molar-refractivity contribution in [3.8, 4) is 11.8 Å². The van der Waals surface area contributed by atoms with E-state index in [1.165, 1.54) is 0 Å². The van der Waals surface area contributed by atoms with Crippen molar-refractivity contribution in [2.75, 3.05) is 24.6 Å². The molecular weight excluding hydrogens is 340 g/mol. The maximum atomic E-state index is 12.8. The zero-order chi connectivity index (χ0) is 18.6. The van der Waals surface area contributed by atoms with Crippen molar-refractivity contribution < 1.29 is 9.53 Å². The number of carbonyl (C=O) groups is 1. The minimum Gasteiger partial charge on any atom is -0.493 e. The molecule has 6 nitrogen and oxygen atoms in total. The number of hydrogen-bond acceptors (Lipinski definition) is 5. The average molecular weight is 362 g/mol. The molecule has 2 aliphatic heterocycles. The lowest BCUT2D eigenvalue weighted by Gasteiger charge is -2.33. The Morgan fingerprint density at radius 1 is 1.19 bits per heavy atom. The van der Waals surface area contributed by atoms with Gasteiger partial charge in [-0.05, 0) is 31.0 Å². The summed E-state index contributed by atoms with van der Waals surface area (Å²) in [7, 11) is 0. The lowest BCUT2D eigenvalue weighted by atomic mass is 9.94. The maximum Gasteiger partial charge on any atom is 0.223 e. The number of nitrogens with one attached hydrogen (secondary N) is 1. The van der Waals surface area contributed by atoms with Crippen LogP contribution in [0.3, 0.4) is 0 Å². The number of aromatic nitrogens is 1. The van der Waals surface area contributed by atoms with E-state index in [2.05, 4.69) is 21.3 Å². The highest BCUT2D eigenvalue weighted by molar-refractivity contribution is 5.79. The first-order valence-corrected chi connectivity index (χ1v) is 9.38. The molecule has 1 saturated heterocycles. The molecule has 1 aromatic heterocycles. The molecule has 0 bridgehead atoms. The number of hydrogen-bond donors (Lipinski definition) is 1. The molecule has 27 heavy (non-hydrogen) atoms. The second-order valence-electron chi connectivity index (χ2n) is 7.01. The quantitative estimate of drug-likeness (QED) is 0.908. The second-order valence-corrected chi connectivity index (χ2v) is 7.01. The van der Waals surface area contributed by atoms with Crippen LogP contribution >= 0.6 is 0 Å². The second kappa shape index (κ2) is 7.67. The van der Waals surface area contributed by atoms with Gasteiger partial charge in [-0.3, -0.25) is 4.79 Å². The third-order valence-electron chi connectivity index (χ3n) is 5.34. The molecule has 2 aromatic rings. The summed E-state index contributed by atoms with van der Waals surface area (Å²) in [6.45, 7) is 2.22. The highest BCUT2D eigenvalue weighted by atomic mass is 16.5. The number of fused-ring (bicyclic) bond motifs is 1. The molecule has 138 valence electrons. The topological polar surface area (TPSA) is 78.2 Å². The number of pyridine rings is 1. The van der Waals surface area contributed by atoms with Crippen LogP contribution in [-0.2, 0) is 4.79 Å². The van der Waals surface area contributed by atoms with Crippen LogP contribution in [-0.4, -0.2) is 30.6 Å². The Balaban J connectivity index is 1.34. The standard InChI is InChI=1S/C21H22N4O2/c22-13-15-5-6-20(23-14-15)25-10-7-16(8-11-25)21(26)24-18-9-12-27-19-4-2-1-3-17(18)19/h1-6,14,16,18H,7-12H2,(H,24,26)/t18-/m0/s1. The molecule has 1 N–H and O–H groups in total. The van der Waals surface area contributed by atoms with E-state index in [9.17, 15) is 4.79 Å². The van der Waals surface area contributed by atoms with E-state index >= 15 is 0 Å². The van der Waals surface area contributed by atoms with Crippen LogP contribution in [0.15, 0.2) is 42.6 Å². The fraction of sp³-hybridized carbons (Fsp3) is 0.381. The Kier molecular flexibility index (Phi) is 4.93. The van der Waals surface area contributed by atoms with Crippen molar-refractivity contribution in [1.82, 2.24) is 10.3 Å². The molecule has 1 atom stereocenters. The largest absolute Gasteiger partial charge is 0.493 e. The number of rotatable bonds is 3. The lowest BCUT2D eigenvalue weighted by Crippen LogP contribution is -2.42. The molecule has 0 unspecified atom stereocenters. The Bertz CT molecular complexity index is 851. The first-order chi connectivity index (χ1) is 13.2. The Labute approximate surface area is 158 Å². The predicted molar refractivity (Wildman–Crippen MR) is 101 cm³/mol. The smallest absolute Gasteiger partial charge is 0.223 e. The lowest BCUT2D eigenvalue weighted by molar-refractivity contribution is -0.126. The zero-order valence-corrected chi connectivity index (χ0v) is 15.1. The highest BCUT2D eigenvalue weighted by Crippen LogP contribution is 2.32. The van der Waals surface area contributed by atoms with Crippen LogP contribution in [0, 0.1) is 17.2 Å². The number of benzene rings is 1.